The summed E-state index contributed by atoms with van der Waals surface area (Å²) in [6.45, 7) is -15.1. The fourth-order valence-electron chi connectivity index (χ4n) is 8.57. The lowest BCUT2D eigenvalue weighted by atomic mass is 10.2. The standard InChI is InChI=1S/C37H49N14O18P3S3/c38-25-1-4-48(35(54)45-25)28-7-17(53)22(64-28)12-60-70(57,73)69-20-10-31(51-16-44-32-33(41)42-15-43-34(32)51)66-24(20)14-62-72(59,75)68-19-9-30(50-6-3-27(40)47-37(50)56)65-23(19)13-61-71(58,74)67-18-8-29(63-21(18)11-52)49-5-2-26(39)46-36(49)55/h1-6,15-24,28-31,52-53H,7-14H2,(H,57,73)(H,58,74)(H,59,75)(H2,38,45,54)(H2,39,46,55)(H2,40,47,56)(H2,41,42,43). The fraction of sp³-hybridized carbons (Fsp3) is 0.541. The van der Waals surface area contributed by atoms with Crippen molar-refractivity contribution in [2.24, 2.45) is 0 Å². The quantitative estimate of drug-likeness (QED) is 0.0392. The van der Waals surface area contributed by atoms with Crippen molar-refractivity contribution in [3.63, 3.8) is 0 Å². The summed E-state index contributed by atoms with van der Waals surface area (Å²) in [7, 11) is 0. The third-order valence-electron chi connectivity index (χ3n) is 12.1. The number of aliphatic hydroxyl groups is 2. The number of aromatic nitrogens is 10. The van der Waals surface area contributed by atoms with E-state index in [1.807, 2.05) is 0 Å². The largest absolute Gasteiger partial charge is 0.394 e. The predicted octanol–water partition coefficient (Wildman–Crippen LogP) is -1.72. The summed E-state index contributed by atoms with van der Waals surface area (Å²) in [4.78, 5) is 95.9. The van der Waals surface area contributed by atoms with E-state index in [1.54, 1.807) is 0 Å². The molecule has 75 heavy (non-hydrogen) atoms. The Balaban J connectivity index is 0.882. The second-order valence-electron chi connectivity index (χ2n) is 17.1. The zero-order valence-electron chi connectivity index (χ0n) is 38.6. The Morgan fingerprint density at radius 1 is 0.573 bits per heavy atom. The molecule has 0 amide bonds. The fourth-order valence-corrected chi connectivity index (χ4v) is 13.0. The molecular formula is C37H49N14O18P3S3. The van der Waals surface area contributed by atoms with Gasteiger partial charge in [-0.3, -0.25) is 18.3 Å². The first-order valence-corrected chi connectivity index (χ1v) is 30.2. The second-order valence-corrected chi connectivity index (χ2v) is 25.5. The van der Waals surface area contributed by atoms with Gasteiger partial charge in [0.25, 0.3) is 0 Å². The molecule has 0 radical (unpaired) electrons. The first-order chi connectivity index (χ1) is 35.5. The van der Waals surface area contributed by atoms with Gasteiger partial charge in [0.05, 0.1) is 57.2 Å². The molecule has 0 aromatic carbocycles. The Morgan fingerprint density at radius 3 is 1.40 bits per heavy atom. The van der Waals surface area contributed by atoms with Crippen LogP contribution in [0.1, 0.15) is 50.6 Å². The molecule has 38 heteroatoms. The van der Waals surface area contributed by atoms with Crippen LogP contribution in [-0.2, 0) is 81.5 Å². The number of imidazole rings is 1. The van der Waals surface area contributed by atoms with Gasteiger partial charge >= 0.3 is 37.2 Å². The van der Waals surface area contributed by atoms with Crippen LogP contribution in [0.3, 0.4) is 0 Å². The van der Waals surface area contributed by atoms with Crippen LogP contribution in [0.15, 0.2) is 63.8 Å². The summed E-state index contributed by atoms with van der Waals surface area (Å²) in [5.41, 5.74) is 21.3. The van der Waals surface area contributed by atoms with E-state index < -0.39 is 137 Å². The van der Waals surface area contributed by atoms with Gasteiger partial charge in [0.1, 0.15) is 78.6 Å². The van der Waals surface area contributed by atoms with Crippen LogP contribution < -0.4 is 40.0 Å². The molecule has 9 rings (SSSR count). The number of rotatable bonds is 20. The van der Waals surface area contributed by atoms with Crippen LogP contribution in [0.2, 0.25) is 0 Å². The van der Waals surface area contributed by atoms with Gasteiger partial charge in [-0.05, 0) is 53.6 Å². The number of ether oxygens (including phenoxy) is 4. The molecule has 5 aromatic rings. The first-order valence-electron chi connectivity index (χ1n) is 22.4. The van der Waals surface area contributed by atoms with Gasteiger partial charge in [-0.1, -0.05) is 0 Å². The number of hydrogen-bond acceptors (Lipinski definition) is 28. The molecule has 13 N–H and O–H groups in total. The molecule has 4 fully saturated rings. The normalized spacial score (nSPS) is 30.4. The van der Waals surface area contributed by atoms with Crippen LogP contribution in [0.5, 0.6) is 0 Å². The van der Waals surface area contributed by atoms with E-state index in [2.05, 4.69) is 29.9 Å². The van der Waals surface area contributed by atoms with Gasteiger partial charge in [-0.2, -0.15) is 15.0 Å². The molecule has 0 saturated carbocycles. The summed E-state index contributed by atoms with van der Waals surface area (Å²) in [6, 6.07) is 4.11. The lowest BCUT2D eigenvalue weighted by Crippen LogP contribution is -2.31. The van der Waals surface area contributed by atoms with E-state index in [4.69, 9.17) is 104 Å². The zero-order valence-corrected chi connectivity index (χ0v) is 43.7. The van der Waals surface area contributed by atoms with Crippen LogP contribution in [-0.4, -0.2) is 148 Å². The van der Waals surface area contributed by atoms with Crippen molar-refractivity contribution in [2.75, 3.05) is 49.4 Å². The van der Waals surface area contributed by atoms with E-state index in [0.717, 1.165) is 13.7 Å². The maximum atomic E-state index is 12.9. The third-order valence-corrected chi connectivity index (χ3v) is 16.9. The summed E-state index contributed by atoms with van der Waals surface area (Å²) in [6.07, 6.45) is -6.87. The highest BCUT2D eigenvalue weighted by Gasteiger charge is 2.46. The molecule has 15 unspecified atom stereocenters. The Bertz CT molecular complexity index is 3240. The van der Waals surface area contributed by atoms with Crippen LogP contribution in [0.4, 0.5) is 23.3 Å². The molecule has 408 valence electrons. The second kappa shape index (κ2) is 22.6. The Hall–Kier alpha value is -4.26. The smallest absolute Gasteiger partial charge is 0.351 e. The van der Waals surface area contributed by atoms with Crippen molar-refractivity contribution in [1.29, 1.82) is 0 Å². The Kier molecular flexibility index (Phi) is 16.7. The number of nitrogen functional groups attached to an aromatic ring is 4. The minimum Gasteiger partial charge on any atom is -0.394 e. The van der Waals surface area contributed by atoms with E-state index in [-0.39, 0.29) is 60.1 Å². The highest BCUT2D eigenvalue weighted by molar-refractivity contribution is 8.07. The van der Waals surface area contributed by atoms with Crippen molar-refractivity contribution < 1.29 is 71.0 Å². The van der Waals surface area contributed by atoms with Crippen molar-refractivity contribution in [2.45, 2.75) is 99.4 Å². The average Bonchev–Trinajstić information content (AvgIpc) is 4.19. The highest BCUT2D eigenvalue weighted by Crippen LogP contribution is 2.54. The molecule has 4 saturated heterocycles. The molecule has 15 atom stereocenters. The van der Waals surface area contributed by atoms with Gasteiger partial charge in [0.15, 0.2) is 11.5 Å². The number of nitrogens with two attached hydrogens (primary N) is 4. The van der Waals surface area contributed by atoms with Crippen LogP contribution >= 0.6 is 20.2 Å². The predicted molar refractivity (Wildman–Crippen MR) is 268 cm³/mol. The number of aliphatic hydroxyl groups excluding tert-OH is 2. The first kappa shape index (κ1) is 55.5. The lowest BCUT2D eigenvalue weighted by Gasteiger charge is -2.28. The van der Waals surface area contributed by atoms with Crippen LogP contribution in [0, 0.1) is 0 Å². The lowest BCUT2D eigenvalue weighted by molar-refractivity contribution is -0.0564. The van der Waals surface area contributed by atoms with Crippen LogP contribution in [0.25, 0.3) is 11.2 Å². The highest BCUT2D eigenvalue weighted by atomic mass is 32.5. The molecule has 5 aromatic heterocycles. The Morgan fingerprint density at radius 2 is 0.960 bits per heavy atom. The topological polar surface area (TPSA) is 446 Å². The molecule has 9 heterocycles. The summed E-state index contributed by atoms with van der Waals surface area (Å²) >= 11 is 16.2. The molecular weight excluding hydrogens is 1120 g/mol. The van der Waals surface area contributed by atoms with E-state index in [0.29, 0.717) is 0 Å². The third kappa shape index (κ3) is 13.0. The summed E-state index contributed by atoms with van der Waals surface area (Å²) in [5, 5.41) is 20.9. The summed E-state index contributed by atoms with van der Waals surface area (Å²) < 4.78 is 64.0. The van der Waals surface area contributed by atoms with Gasteiger partial charge in [-0.15, -0.1) is 0 Å². The van der Waals surface area contributed by atoms with E-state index >= 15 is 0 Å². The maximum Gasteiger partial charge on any atom is 0.351 e. The van der Waals surface area contributed by atoms with Crippen molar-refractivity contribution >= 4 is 90.0 Å². The SMILES string of the molecule is Nc1ccn(C2CC(O)C(COP(O)(=S)OC3CC(n4cnc5c(N)ncnc54)OC3COP(O)(=S)OC3CC(n4ccc(N)nc4=O)OC3COP(O)(=S)OC3CC(n4ccc(N)nc4=O)OC3CO)O2)c(=O)n1. The Labute approximate surface area is 437 Å². The molecule has 0 aliphatic carbocycles. The minimum atomic E-state index is -4.39. The zero-order chi connectivity index (χ0) is 53.6. The average molecular weight is 1170 g/mol. The minimum absolute atomic E-state index is 0.00360. The maximum absolute atomic E-state index is 12.9. The van der Waals surface area contributed by atoms with E-state index in [9.17, 15) is 39.3 Å². The number of nitrogens with zero attached hydrogens (tertiary/aromatic N) is 10. The molecule has 4 aliphatic heterocycles. The molecule has 32 nitrogen and oxygen atoms in total. The molecule has 0 spiro atoms. The summed E-state index contributed by atoms with van der Waals surface area (Å²) in [5.74, 6) is -0.00823. The van der Waals surface area contributed by atoms with Crippen molar-refractivity contribution in [3.8, 4) is 0 Å². The number of fused-ring (bicyclic) bond motifs is 1. The van der Waals surface area contributed by atoms with Gasteiger partial charge in [-0.25, -0.2) is 29.3 Å². The van der Waals surface area contributed by atoms with Gasteiger partial charge in [0, 0.05) is 44.3 Å². The van der Waals surface area contributed by atoms with Crippen molar-refractivity contribution in [1.82, 2.24) is 48.2 Å². The van der Waals surface area contributed by atoms with Gasteiger partial charge < -0.3 is 93.9 Å². The van der Waals surface area contributed by atoms with Gasteiger partial charge in [0.2, 0.25) is 0 Å². The molecule has 4 aliphatic rings. The number of hydrogen-bond donors (Lipinski definition) is 9. The number of anilines is 4. The molecule has 0 bridgehead atoms. The monoisotopic (exact) mass is 1170 g/mol. The van der Waals surface area contributed by atoms with E-state index in [1.165, 1.54) is 54.0 Å². The van der Waals surface area contributed by atoms with Crippen molar-refractivity contribution in [3.05, 3.63) is 80.9 Å².